The fourth-order valence-corrected chi connectivity index (χ4v) is 2.36. The van der Waals surface area contributed by atoms with Crippen LogP contribution in [0.15, 0.2) is 16.8 Å². The van der Waals surface area contributed by atoms with Gasteiger partial charge < -0.3 is 9.73 Å². The molecule has 0 aliphatic rings. The Bertz CT molecular complexity index is 556. The van der Waals surface area contributed by atoms with E-state index in [9.17, 15) is 0 Å². The zero-order valence-corrected chi connectivity index (χ0v) is 13.0. The molecule has 2 heterocycles. The van der Waals surface area contributed by atoms with E-state index < -0.39 is 0 Å². The van der Waals surface area contributed by atoms with E-state index in [1.807, 2.05) is 18.5 Å². The van der Waals surface area contributed by atoms with Crippen LogP contribution in [0.4, 0.5) is 0 Å². The first-order chi connectivity index (χ1) is 9.47. The average molecular weight is 276 g/mol. The molecular formula is C15H24N4O. The Morgan fingerprint density at radius 2 is 2.05 bits per heavy atom. The van der Waals surface area contributed by atoms with Crippen LogP contribution >= 0.6 is 0 Å². The number of hydrogen-bond donors (Lipinski definition) is 1. The van der Waals surface area contributed by atoms with E-state index >= 15 is 0 Å². The molecule has 5 nitrogen and oxygen atoms in total. The van der Waals surface area contributed by atoms with Gasteiger partial charge in [0.15, 0.2) is 0 Å². The van der Waals surface area contributed by atoms with E-state index in [1.165, 1.54) is 5.56 Å². The summed E-state index contributed by atoms with van der Waals surface area (Å²) < 4.78 is 7.55. The number of furan rings is 1. The molecule has 0 radical (unpaired) electrons. The Kier molecular flexibility index (Phi) is 4.60. The van der Waals surface area contributed by atoms with Crippen molar-refractivity contribution in [2.45, 2.75) is 53.8 Å². The maximum Gasteiger partial charge on any atom is 0.140 e. The number of nitrogens with zero attached hydrogens (tertiary/aromatic N) is 3. The summed E-state index contributed by atoms with van der Waals surface area (Å²) in [6, 6.07) is 2.32. The van der Waals surface area contributed by atoms with Crippen molar-refractivity contribution in [2.24, 2.45) is 5.92 Å². The Labute approximate surface area is 120 Å². The van der Waals surface area contributed by atoms with Gasteiger partial charge >= 0.3 is 0 Å². The molecule has 5 heteroatoms. The van der Waals surface area contributed by atoms with Crippen molar-refractivity contribution in [1.82, 2.24) is 20.1 Å². The van der Waals surface area contributed by atoms with E-state index in [4.69, 9.17) is 4.42 Å². The normalized spacial score (nSPS) is 13.1. The predicted octanol–water partition coefficient (Wildman–Crippen LogP) is 2.99. The van der Waals surface area contributed by atoms with Crippen molar-refractivity contribution in [3.05, 3.63) is 35.3 Å². The highest BCUT2D eigenvalue weighted by Crippen LogP contribution is 2.21. The third-order valence-electron chi connectivity index (χ3n) is 3.35. The molecule has 2 aromatic rings. The molecule has 110 valence electrons. The van der Waals surface area contributed by atoms with E-state index in [0.717, 1.165) is 23.9 Å². The second-order valence-electron chi connectivity index (χ2n) is 5.72. The van der Waals surface area contributed by atoms with E-state index in [1.54, 1.807) is 6.33 Å². The van der Waals surface area contributed by atoms with E-state index in [2.05, 4.69) is 42.2 Å². The summed E-state index contributed by atoms with van der Waals surface area (Å²) >= 11 is 0. The van der Waals surface area contributed by atoms with Gasteiger partial charge in [0.1, 0.15) is 23.7 Å². The lowest BCUT2D eigenvalue weighted by Gasteiger charge is -2.14. The van der Waals surface area contributed by atoms with E-state index in [-0.39, 0.29) is 6.04 Å². The van der Waals surface area contributed by atoms with Gasteiger partial charge in [0.05, 0.1) is 6.54 Å². The Morgan fingerprint density at radius 3 is 2.65 bits per heavy atom. The number of aromatic nitrogens is 3. The number of rotatable bonds is 6. The number of hydrogen-bond acceptors (Lipinski definition) is 4. The zero-order valence-electron chi connectivity index (χ0n) is 13.0. The molecule has 0 aliphatic carbocycles. The lowest BCUT2D eigenvalue weighted by molar-refractivity contribution is 0.446. The minimum Gasteiger partial charge on any atom is -0.466 e. The summed E-state index contributed by atoms with van der Waals surface area (Å²) in [7, 11) is 0. The predicted molar refractivity (Wildman–Crippen MR) is 78.3 cm³/mol. The molecule has 1 N–H and O–H groups in total. The van der Waals surface area contributed by atoms with Crippen LogP contribution in [-0.2, 0) is 13.1 Å². The molecule has 0 aromatic carbocycles. The number of aryl methyl sites for hydroxylation is 2. The van der Waals surface area contributed by atoms with Crippen LogP contribution in [0.25, 0.3) is 0 Å². The van der Waals surface area contributed by atoms with Gasteiger partial charge in [-0.25, -0.2) is 9.67 Å². The Morgan fingerprint density at radius 1 is 1.30 bits per heavy atom. The third kappa shape index (κ3) is 3.48. The lowest BCUT2D eigenvalue weighted by atomic mass is 10.1. The van der Waals surface area contributed by atoms with Gasteiger partial charge in [-0.15, -0.1) is 0 Å². The summed E-state index contributed by atoms with van der Waals surface area (Å²) in [6.07, 6.45) is 1.62. The fourth-order valence-electron chi connectivity index (χ4n) is 2.36. The smallest absolute Gasteiger partial charge is 0.140 e. The molecule has 20 heavy (non-hydrogen) atoms. The summed E-state index contributed by atoms with van der Waals surface area (Å²) in [5, 5.41) is 7.76. The standard InChI is InChI=1S/C15H24N4O/c1-10(2)8-19-15(17-9-18-19)7-16-12(4)14-6-11(3)20-13(14)5/h6,9-10,12,16H,7-8H2,1-5H3. The van der Waals surface area contributed by atoms with E-state index in [0.29, 0.717) is 12.5 Å². The van der Waals surface area contributed by atoms with Gasteiger partial charge in [-0.05, 0) is 32.8 Å². The van der Waals surface area contributed by atoms with Crippen LogP contribution in [0, 0.1) is 19.8 Å². The largest absolute Gasteiger partial charge is 0.466 e. The first-order valence-electron chi connectivity index (χ1n) is 7.14. The van der Waals surface area contributed by atoms with Crippen LogP contribution in [0.2, 0.25) is 0 Å². The molecule has 2 aromatic heterocycles. The van der Waals surface area contributed by atoms with Gasteiger partial charge in [-0.1, -0.05) is 13.8 Å². The van der Waals surface area contributed by atoms with Crippen molar-refractivity contribution < 1.29 is 4.42 Å². The highest BCUT2D eigenvalue weighted by molar-refractivity contribution is 5.23. The van der Waals surface area contributed by atoms with Crippen molar-refractivity contribution in [2.75, 3.05) is 0 Å². The van der Waals surface area contributed by atoms with Gasteiger partial charge in [0.25, 0.3) is 0 Å². The molecular weight excluding hydrogens is 252 g/mol. The number of nitrogens with one attached hydrogen (secondary N) is 1. The summed E-state index contributed by atoms with van der Waals surface area (Å²) in [4.78, 5) is 4.33. The monoisotopic (exact) mass is 276 g/mol. The average Bonchev–Trinajstić information content (AvgIpc) is 2.92. The summed E-state index contributed by atoms with van der Waals surface area (Å²) in [5.41, 5.74) is 1.21. The minimum absolute atomic E-state index is 0.233. The van der Waals surface area contributed by atoms with Gasteiger partial charge in [-0.3, -0.25) is 0 Å². The molecule has 0 bridgehead atoms. The van der Waals surface area contributed by atoms with Gasteiger partial charge in [0.2, 0.25) is 0 Å². The van der Waals surface area contributed by atoms with Crippen LogP contribution in [0.5, 0.6) is 0 Å². The van der Waals surface area contributed by atoms with Crippen molar-refractivity contribution in [3.8, 4) is 0 Å². The zero-order chi connectivity index (χ0) is 14.7. The first-order valence-corrected chi connectivity index (χ1v) is 7.14. The molecule has 1 unspecified atom stereocenters. The summed E-state index contributed by atoms with van der Waals surface area (Å²) in [5.74, 6) is 3.47. The van der Waals surface area contributed by atoms with Crippen LogP contribution in [0.3, 0.4) is 0 Å². The third-order valence-corrected chi connectivity index (χ3v) is 3.35. The molecule has 0 aliphatic heterocycles. The highest BCUT2D eigenvalue weighted by Gasteiger charge is 2.13. The molecule has 1 atom stereocenters. The molecule has 0 saturated heterocycles. The van der Waals surface area contributed by atoms with Crippen LogP contribution in [0.1, 0.15) is 49.7 Å². The van der Waals surface area contributed by atoms with Crippen molar-refractivity contribution >= 4 is 0 Å². The van der Waals surface area contributed by atoms with Crippen molar-refractivity contribution in [1.29, 1.82) is 0 Å². The lowest BCUT2D eigenvalue weighted by Crippen LogP contribution is -2.22. The van der Waals surface area contributed by atoms with Gasteiger partial charge in [-0.2, -0.15) is 5.10 Å². The molecule has 0 spiro atoms. The maximum atomic E-state index is 5.58. The second kappa shape index (κ2) is 6.22. The highest BCUT2D eigenvalue weighted by atomic mass is 16.3. The SMILES string of the molecule is Cc1cc(C(C)NCc2ncnn2CC(C)C)c(C)o1. The Hall–Kier alpha value is -1.62. The maximum absolute atomic E-state index is 5.58. The molecule has 0 fully saturated rings. The van der Waals surface area contributed by atoms with Crippen LogP contribution < -0.4 is 5.32 Å². The van der Waals surface area contributed by atoms with Crippen LogP contribution in [-0.4, -0.2) is 14.8 Å². The van der Waals surface area contributed by atoms with Crippen molar-refractivity contribution in [3.63, 3.8) is 0 Å². The second-order valence-corrected chi connectivity index (χ2v) is 5.72. The van der Waals surface area contributed by atoms with Gasteiger partial charge in [0, 0.05) is 18.2 Å². The minimum atomic E-state index is 0.233. The first kappa shape index (κ1) is 14.8. The molecule has 0 amide bonds. The fraction of sp³-hybridized carbons (Fsp3) is 0.600. The quantitative estimate of drug-likeness (QED) is 0.881. The Balaban J connectivity index is 1.98. The molecule has 0 saturated carbocycles. The summed E-state index contributed by atoms with van der Waals surface area (Å²) in [6.45, 7) is 12.1. The topological polar surface area (TPSA) is 55.9 Å². The molecule has 2 rings (SSSR count).